The third-order valence-electron chi connectivity index (χ3n) is 3.76. The van der Waals surface area contributed by atoms with Crippen molar-refractivity contribution in [1.82, 2.24) is 4.90 Å². The van der Waals surface area contributed by atoms with Gasteiger partial charge in [-0.1, -0.05) is 12.1 Å². The lowest BCUT2D eigenvalue weighted by molar-refractivity contribution is 0.0169. The number of fused-ring (bicyclic) bond motifs is 1. The molecular formula is C18H14FNO5. The molecule has 0 saturated carbocycles. The van der Waals surface area contributed by atoms with E-state index in [1.807, 2.05) is 0 Å². The quantitative estimate of drug-likeness (QED) is 0.659. The molecule has 25 heavy (non-hydrogen) atoms. The van der Waals surface area contributed by atoms with Crippen LogP contribution >= 0.6 is 0 Å². The van der Waals surface area contributed by atoms with Gasteiger partial charge < -0.3 is 9.84 Å². The first kappa shape index (κ1) is 16.8. The standard InChI is InChI=1S/C18H14FNO5/c19-12-7-5-11(6-8-12)18(24)25-10-13(21)9-20-16(22)14-3-1-2-4-15(14)17(20)23/h1-8,13,21H,9-10H2/t13-/m0/s1. The summed E-state index contributed by atoms with van der Waals surface area (Å²) in [6.07, 6.45) is -1.23. The molecule has 2 aromatic carbocycles. The molecule has 0 fully saturated rings. The summed E-state index contributed by atoms with van der Waals surface area (Å²) in [5.74, 6) is -2.21. The Labute approximate surface area is 142 Å². The Kier molecular flexibility index (Phi) is 4.58. The van der Waals surface area contributed by atoms with Gasteiger partial charge in [-0.2, -0.15) is 0 Å². The first-order chi connectivity index (χ1) is 12.0. The Balaban J connectivity index is 1.57. The Bertz CT molecular complexity index is 799. The van der Waals surface area contributed by atoms with Crippen LogP contribution in [0.5, 0.6) is 0 Å². The number of aliphatic hydroxyl groups excluding tert-OH is 1. The Morgan fingerprint density at radius 1 is 1.04 bits per heavy atom. The number of esters is 1. The summed E-state index contributed by atoms with van der Waals surface area (Å²) in [5, 5.41) is 9.98. The van der Waals surface area contributed by atoms with Gasteiger partial charge in [0.15, 0.2) is 0 Å². The van der Waals surface area contributed by atoms with Crippen molar-refractivity contribution >= 4 is 17.8 Å². The molecule has 1 N–H and O–H groups in total. The molecule has 0 bridgehead atoms. The molecule has 3 rings (SSSR count). The summed E-state index contributed by atoms with van der Waals surface area (Å²) in [6.45, 7) is -0.688. The van der Waals surface area contributed by atoms with Gasteiger partial charge in [0.05, 0.1) is 23.2 Å². The van der Waals surface area contributed by atoms with E-state index in [0.717, 1.165) is 17.0 Å². The number of aliphatic hydroxyl groups is 1. The Morgan fingerprint density at radius 3 is 2.16 bits per heavy atom. The van der Waals surface area contributed by atoms with Gasteiger partial charge in [0, 0.05) is 0 Å². The van der Waals surface area contributed by atoms with E-state index in [1.54, 1.807) is 12.1 Å². The van der Waals surface area contributed by atoms with Crippen LogP contribution in [0.1, 0.15) is 31.1 Å². The molecule has 2 aromatic rings. The second-order valence-electron chi connectivity index (χ2n) is 5.53. The van der Waals surface area contributed by atoms with Crippen molar-refractivity contribution in [2.24, 2.45) is 0 Å². The maximum atomic E-state index is 12.8. The zero-order chi connectivity index (χ0) is 18.0. The molecule has 0 unspecified atom stereocenters. The first-order valence-electron chi connectivity index (χ1n) is 7.53. The van der Waals surface area contributed by atoms with Crippen LogP contribution in [0.25, 0.3) is 0 Å². The van der Waals surface area contributed by atoms with Crippen LogP contribution in [0.3, 0.4) is 0 Å². The molecule has 0 aliphatic carbocycles. The highest BCUT2D eigenvalue weighted by molar-refractivity contribution is 6.21. The van der Waals surface area contributed by atoms with Crippen molar-refractivity contribution in [2.75, 3.05) is 13.2 Å². The predicted octanol–water partition coefficient (Wildman–Crippen LogP) is 1.64. The van der Waals surface area contributed by atoms with Crippen molar-refractivity contribution in [3.05, 3.63) is 71.0 Å². The lowest BCUT2D eigenvalue weighted by atomic mass is 10.1. The maximum Gasteiger partial charge on any atom is 0.338 e. The summed E-state index contributed by atoms with van der Waals surface area (Å²) in [4.78, 5) is 37.1. The van der Waals surface area contributed by atoms with E-state index in [-0.39, 0.29) is 23.2 Å². The van der Waals surface area contributed by atoms with Gasteiger partial charge >= 0.3 is 5.97 Å². The molecule has 0 saturated heterocycles. The molecule has 0 aromatic heterocycles. The van der Waals surface area contributed by atoms with Gasteiger partial charge in [0.2, 0.25) is 0 Å². The molecule has 1 aliphatic rings. The molecule has 0 spiro atoms. The van der Waals surface area contributed by atoms with Gasteiger partial charge in [-0.3, -0.25) is 14.5 Å². The summed E-state index contributed by atoms with van der Waals surface area (Å²) in [5.41, 5.74) is 0.695. The lowest BCUT2D eigenvalue weighted by Crippen LogP contribution is -2.39. The van der Waals surface area contributed by atoms with Crippen LogP contribution in [0, 0.1) is 5.82 Å². The SMILES string of the molecule is O=C(OC[C@@H](O)CN1C(=O)c2ccccc2C1=O)c1ccc(F)cc1. The zero-order valence-corrected chi connectivity index (χ0v) is 13.0. The van der Waals surface area contributed by atoms with Gasteiger partial charge in [-0.25, -0.2) is 9.18 Å². The largest absolute Gasteiger partial charge is 0.459 e. The van der Waals surface area contributed by atoms with Gasteiger partial charge in [0.25, 0.3) is 11.8 Å². The number of nitrogens with zero attached hydrogens (tertiary/aromatic N) is 1. The second-order valence-corrected chi connectivity index (χ2v) is 5.53. The van der Waals surface area contributed by atoms with Crippen molar-refractivity contribution in [2.45, 2.75) is 6.10 Å². The number of benzene rings is 2. The molecule has 6 nitrogen and oxygen atoms in total. The summed E-state index contributed by atoms with van der Waals surface area (Å²) in [6, 6.07) is 11.1. The highest BCUT2D eigenvalue weighted by atomic mass is 19.1. The normalized spacial score (nSPS) is 14.4. The third-order valence-corrected chi connectivity index (χ3v) is 3.76. The Hall–Kier alpha value is -3.06. The Morgan fingerprint density at radius 2 is 1.60 bits per heavy atom. The maximum absolute atomic E-state index is 12.8. The van der Waals surface area contributed by atoms with Crippen molar-refractivity contribution in [1.29, 1.82) is 0 Å². The number of ether oxygens (including phenoxy) is 1. The van der Waals surface area contributed by atoms with Crippen molar-refractivity contribution < 1.29 is 28.6 Å². The summed E-state index contributed by atoms with van der Waals surface area (Å²) >= 11 is 0. The topological polar surface area (TPSA) is 83.9 Å². The minimum Gasteiger partial charge on any atom is -0.459 e. The van der Waals surface area contributed by atoms with Crippen LogP contribution in [0.15, 0.2) is 48.5 Å². The number of halogens is 1. The van der Waals surface area contributed by atoms with Gasteiger partial charge in [-0.05, 0) is 36.4 Å². The van der Waals surface area contributed by atoms with E-state index >= 15 is 0 Å². The fourth-order valence-corrected chi connectivity index (χ4v) is 2.51. The van der Waals surface area contributed by atoms with E-state index in [9.17, 15) is 23.9 Å². The van der Waals surface area contributed by atoms with Gasteiger partial charge in [-0.15, -0.1) is 0 Å². The monoisotopic (exact) mass is 343 g/mol. The fourth-order valence-electron chi connectivity index (χ4n) is 2.51. The van der Waals surface area contributed by atoms with Crippen LogP contribution in [-0.4, -0.2) is 47.0 Å². The molecule has 1 atom stereocenters. The number of hydrogen-bond acceptors (Lipinski definition) is 5. The number of imide groups is 1. The van der Waals surface area contributed by atoms with Crippen molar-refractivity contribution in [3.63, 3.8) is 0 Å². The molecule has 128 valence electrons. The highest BCUT2D eigenvalue weighted by Crippen LogP contribution is 2.22. The minimum atomic E-state index is -1.23. The number of hydrogen-bond donors (Lipinski definition) is 1. The number of amides is 2. The summed E-state index contributed by atoms with van der Waals surface area (Å²) in [7, 11) is 0. The number of carbonyl (C=O) groups excluding carboxylic acids is 3. The van der Waals surface area contributed by atoms with E-state index < -0.39 is 36.3 Å². The number of β-amino-alcohol motifs (C(OH)–C–C–N with tert-alkyl or cyclic N) is 1. The molecule has 1 aliphatic heterocycles. The van der Waals surface area contributed by atoms with Crippen LogP contribution in [0.4, 0.5) is 4.39 Å². The van der Waals surface area contributed by atoms with E-state index in [0.29, 0.717) is 0 Å². The second kappa shape index (κ2) is 6.82. The predicted molar refractivity (Wildman–Crippen MR) is 84.5 cm³/mol. The smallest absolute Gasteiger partial charge is 0.338 e. The van der Waals surface area contributed by atoms with E-state index in [2.05, 4.69) is 0 Å². The van der Waals surface area contributed by atoms with Crippen molar-refractivity contribution in [3.8, 4) is 0 Å². The molecular weight excluding hydrogens is 329 g/mol. The highest BCUT2D eigenvalue weighted by Gasteiger charge is 2.36. The molecule has 7 heteroatoms. The van der Waals surface area contributed by atoms with E-state index in [4.69, 9.17) is 4.74 Å². The zero-order valence-electron chi connectivity index (χ0n) is 13.0. The average Bonchev–Trinajstić information content (AvgIpc) is 2.86. The fraction of sp³-hybridized carbons (Fsp3) is 0.167. The minimum absolute atomic E-state index is 0.134. The third kappa shape index (κ3) is 3.41. The van der Waals surface area contributed by atoms with Crippen LogP contribution in [-0.2, 0) is 4.74 Å². The van der Waals surface area contributed by atoms with Gasteiger partial charge in [0.1, 0.15) is 18.5 Å². The average molecular weight is 343 g/mol. The molecule has 2 amide bonds. The molecule has 0 radical (unpaired) electrons. The van der Waals surface area contributed by atoms with Crippen LogP contribution < -0.4 is 0 Å². The first-order valence-corrected chi connectivity index (χ1v) is 7.53. The number of rotatable bonds is 5. The number of carbonyl (C=O) groups is 3. The van der Waals surface area contributed by atoms with Crippen LogP contribution in [0.2, 0.25) is 0 Å². The molecule has 1 heterocycles. The lowest BCUT2D eigenvalue weighted by Gasteiger charge is -2.18. The summed E-state index contributed by atoms with van der Waals surface area (Å²) < 4.78 is 17.7. The van der Waals surface area contributed by atoms with E-state index in [1.165, 1.54) is 24.3 Å².